The summed E-state index contributed by atoms with van der Waals surface area (Å²) in [6.07, 6.45) is 4.83. The summed E-state index contributed by atoms with van der Waals surface area (Å²) in [4.78, 5) is 16.0. The first kappa shape index (κ1) is 9.72. The van der Waals surface area contributed by atoms with Crippen LogP contribution in [0.15, 0.2) is 24.7 Å². The average Bonchev–Trinajstić information content (AvgIpc) is 2.78. The fourth-order valence-electron chi connectivity index (χ4n) is 1.03. The van der Waals surface area contributed by atoms with Gasteiger partial charge >= 0.3 is 5.97 Å². The van der Waals surface area contributed by atoms with E-state index in [0.29, 0.717) is 5.01 Å². The lowest BCUT2D eigenvalue weighted by atomic mass is 10.3. The highest BCUT2D eigenvalue weighted by Crippen LogP contribution is 2.24. The Balaban J connectivity index is 2.32. The van der Waals surface area contributed by atoms with Crippen LogP contribution in [0.2, 0.25) is 0 Å². The topological polar surface area (TPSA) is 65.0 Å². The van der Waals surface area contributed by atoms with Gasteiger partial charge in [-0.25, -0.2) is 9.78 Å². The van der Waals surface area contributed by atoms with Gasteiger partial charge in [0.15, 0.2) is 0 Å². The number of hydrogen-bond acceptors (Lipinski definition) is 6. The van der Waals surface area contributed by atoms with E-state index < -0.39 is 5.97 Å². The van der Waals surface area contributed by atoms with Crippen molar-refractivity contribution in [1.29, 1.82) is 0 Å². The Labute approximate surface area is 89.8 Å². The number of thiazole rings is 1. The van der Waals surface area contributed by atoms with E-state index in [-0.39, 0.29) is 0 Å². The largest absolute Gasteiger partial charge is 0.464 e. The smallest absolute Gasteiger partial charge is 0.367 e. The third kappa shape index (κ3) is 1.99. The molecule has 2 rings (SSSR count). The SMILES string of the molecule is COC(=O)c1ncc(-c2ccnnc2)s1. The van der Waals surface area contributed by atoms with Crippen molar-refractivity contribution in [2.45, 2.75) is 0 Å². The molecule has 0 aliphatic carbocycles. The lowest BCUT2D eigenvalue weighted by Crippen LogP contribution is -1.98. The highest BCUT2D eigenvalue weighted by molar-refractivity contribution is 7.16. The van der Waals surface area contributed by atoms with E-state index in [9.17, 15) is 4.79 Å². The number of hydrogen-bond donors (Lipinski definition) is 0. The predicted molar refractivity (Wildman–Crippen MR) is 54.5 cm³/mol. The van der Waals surface area contributed by atoms with Crippen molar-refractivity contribution in [3.63, 3.8) is 0 Å². The van der Waals surface area contributed by atoms with E-state index in [1.165, 1.54) is 18.4 Å². The molecule has 0 amide bonds. The Bertz CT molecular complexity index is 469. The maximum Gasteiger partial charge on any atom is 0.367 e. The summed E-state index contributed by atoms with van der Waals surface area (Å²) in [6.45, 7) is 0. The minimum absolute atomic E-state index is 0.337. The summed E-state index contributed by atoms with van der Waals surface area (Å²) in [7, 11) is 1.33. The third-order valence-corrected chi connectivity index (χ3v) is 2.76. The molecule has 0 spiro atoms. The van der Waals surface area contributed by atoms with Gasteiger partial charge in [0, 0.05) is 11.8 Å². The number of aromatic nitrogens is 3. The van der Waals surface area contributed by atoms with Crippen LogP contribution in [0.4, 0.5) is 0 Å². The van der Waals surface area contributed by atoms with Crippen LogP contribution in [0.5, 0.6) is 0 Å². The maximum absolute atomic E-state index is 11.2. The number of esters is 1. The lowest BCUT2D eigenvalue weighted by molar-refractivity contribution is 0.0600. The average molecular weight is 221 g/mol. The van der Waals surface area contributed by atoms with Crippen LogP contribution >= 0.6 is 11.3 Å². The zero-order valence-electron chi connectivity index (χ0n) is 7.88. The molecule has 0 fully saturated rings. The minimum Gasteiger partial charge on any atom is -0.464 e. The van der Waals surface area contributed by atoms with Crippen molar-refractivity contribution < 1.29 is 9.53 Å². The van der Waals surface area contributed by atoms with Gasteiger partial charge in [-0.2, -0.15) is 10.2 Å². The standard InChI is InChI=1S/C9H7N3O2S/c1-14-9(13)8-10-5-7(15-8)6-2-3-11-12-4-6/h2-5H,1H3. The van der Waals surface area contributed by atoms with E-state index in [2.05, 4.69) is 19.9 Å². The van der Waals surface area contributed by atoms with Gasteiger partial charge in [-0.3, -0.25) is 0 Å². The number of carbonyl (C=O) groups excluding carboxylic acids is 1. The molecule has 6 heteroatoms. The number of rotatable bonds is 2. The molecular formula is C9H7N3O2S. The zero-order chi connectivity index (χ0) is 10.7. The molecule has 0 aliphatic rings. The molecule has 2 aromatic rings. The van der Waals surface area contributed by atoms with Gasteiger partial charge < -0.3 is 4.74 Å². The molecule has 0 aromatic carbocycles. The fourth-order valence-corrected chi connectivity index (χ4v) is 1.85. The van der Waals surface area contributed by atoms with Crippen LogP contribution in [-0.4, -0.2) is 28.3 Å². The Kier molecular flexibility index (Phi) is 2.68. The Morgan fingerprint density at radius 1 is 1.40 bits per heavy atom. The molecule has 76 valence electrons. The van der Waals surface area contributed by atoms with E-state index >= 15 is 0 Å². The van der Waals surface area contributed by atoms with Crippen LogP contribution in [0.25, 0.3) is 10.4 Å². The molecule has 0 saturated heterocycles. The van der Waals surface area contributed by atoms with Gasteiger partial charge in [-0.1, -0.05) is 0 Å². The first-order valence-electron chi connectivity index (χ1n) is 4.12. The number of carbonyl (C=O) groups is 1. The first-order valence-corrected chi connectivity index (χ1v) is 4.94. The third-order valence-electron chi connectivity index (χ3n) is 1.73. The minimum atomic E-state index is -0.423. The molecule has 0 radical (unpaired) electrons. The normalized spacial score (nSPS) is 9.93. The molecule has 0 saturated carbocycles. The van der Waals surface area contributed by atoms with Gasteiger partial charge in [-0.15, -0.1) is 11.3 Å². The van der Waals surface area contributed by atoms with Gasteiger partial charge in [0.1, 0.15) is 0 Å². The molecule has 15 heavy (non-hydrogen) atoms. The van der Waals surface area contributed by atoms with Crippen molar-refractivity contribution in [1.82, 2.24) is 15.2 Å². The van der Waals surface area contributed by atoms with Gasteiger partial charge in [0.2, 0.25) is 5.01 Å². The van der Waals surface area contributed by atoms with E-state index in [0.717, 1.165) is 10.4 Å². The molecular weight excluding hydrogens is 214 g/mol. The van der Waals surface area contributed by atoms with Crippen molar-refractivity contribution in [3.8, 4) is 10.4 Å². The summed E-state index contributed by atoms with van der Waals surface area (Å²) in [5, 5.41) is 7.76. The first-order chi connectivity index (χ1) is 7.31. The van der Waals surface area contributed by atoms with Crippen LogP contribution in [-0.2, 0) is 4.74 Å². The number of methoxy groups -OCH3 is 1. The summed E-state index contributed by atoms with van der Waals surface area (Å²) in [5.41, 5.74) is 0.887. The lowest BCUT2D eigenvalue weighted by Gasteiger charge is -1.92. The second-order valence-electron chi connectivity index (χ2n) is 2.65. The van der Waals surface area contributed by atoms with Crippen LogP contribution < -0.4 is 0 Å². The summed E-state index contributed by atoms with van der Waals surface area (Å²) >= 11 is 1.27. The predicted octanol–water partition coefficient (Wildman–Crippen LogP) is 1.39. The van der Waals surface area contributed by atoms with Crippen molar-refractivity contribution in [2.24, 2.45) is 0 Å². The summed E-state index contributed by atoms with van der Waals surface area (Å²) in [5.74, 6) is -0.423. The van der Waals surface area contributed by atoms with Crippen LogP contribution in [0, 0.1) is 0 Å². The Morgan fingerprint density at radius 2 is 2.27 bits per heavy atom. The highest BCUT2D eigenvalue weighted by Gasteiger charge is 2.11. The zero-order valence-corrected chi connectivity index (χ0v) is 8.69. The second kappa shape index (κ2) is 4.14. The molecule has 0 unspecified atom stereocenters. The van der Waals surface area contributed by atoms with Gasteiger partial charge in [0.25, 0.3) is 0 Å². The van der Waals surface area contributed by atoms with Crippen LogP contribution in [0.1, 0.15) is 9.80 Å². The maximum atomic E-state index is 11.2. The van der Waals surface area contributed by atoms with E-state index in [4.69, 9.17) is 0 Å². The highest BCUT2D eigenvalue weighted by atomic mass is 32.1. The van der Waals surface area contributed by atoms with Crippen molar-refractivity contribution >= 4 is 17.3 Å². The number of nitrogens with zero attached hydrogens (tertiary/aromatic N) is 3. The molecule has 2 aromatic heterocycles. The van der Waals surface area contributed by atoms with Crippen molar-refractivity contribution in [3.05, 3.63) is 29.7 Å². The molecule has 5 nitrogen and oxygen atoms in total. The molecule has 0 N–H and O–H groups in total. The molecule has 0 bridgehead atoms. The number of ether oxygens (including phenoxy) is 1. The van der Waals surface area contributed by atoms with Crippen molar-refractivity contribution in [2.75, 3.05) is 7.11 Å². The van der Waals surface area contributed by atoms with Gasteiger partial charge in [0.05, 0.1) is 24.4 Å². The second-order valence-corrected chi connectivity index (χ2v) is 3.68. The monoisotopic (exact) mass is 221 g/mol. The molecule has 2 heterocycles. The van der Waals surface area contributed by atoms with Crippen LogP contribution in [0.3, 0.4) is 0 Å². The van der Waals surface area contributed by atoms with Gasteiger partial charge in [-0.05, 0) is 6.07 Å². The summed E-state index contributed by atoms with van der Waals surface area (Å²) < 4.78 is 4.57. The Morgan fingerprint density at radius 3 is 2.93 bits per heavy atom. The molecule has 0 aliphatic heterocycles. The quantitative estimate of drug-likeness (QED) is 0.717. The Hall–Kier alpha value is -1.82. The summed E-state index contributed by atoms with van der Waals surface area (Å²) in [6, 6.07) is 1.81. The van der Waals surface area contributed by atoms with E-state index in [1.807, 2.05) is 6.07 Å². The van der Waals surface area contributed by atoms with E-state index in [1.54, 1.807) is 18.6 Å². The molecule has 0 atom stereocenters. The fraction of sp³-hybridized carbons (Fsp3) is 0.111.